The maximum absolute atomic E-state index is 5.25. The summed E-state index contributed by atoms with van der Waals surface area (Å²) in [5.74, 6) is 1.87. The summed E-state index contributed by atoms with van der Waals surface area (Å²) in [5.41, 5.74) is 16.6. The third-order valence-corrected chi connectivity index (χ3v) is 16.4. The minimum atomic E-state index is -0.283. The van der Waals surface area contributed by atoms with Crippen molar-refractivity contribution in [2.24, 2.45) is 0 Å². The average molecular weight is 980 g/mol. The zero-order chi connectivity index (χ0) is 51.4. The van der Waals surface area contributed by atoms with Crippen LogP contribution in [0.25, 0.3) is 100 Å². The van der Waals surface area contributed by atoms with Gasteiger partial charge in [-0.3, -0.25) is 0 Å². The SMILES string of the molecule is CCC(C)(c1ccccc1)c1cccc(-c2cc(-n3c4ccccc4c4ccc5c(c6ccccc6n5-c5ccccc5-c5nc(-c6ccccc6)nc(-c6ccccc6)n5)c43)cc(C(C)(CC)c3ccccc3)c2)c1. The highest BCUT2D eigenvalue weighted by molar-refractivity contribution is 6.26. The second-order valence-corrected chi connectivity index (χ2v) is 20.6. The van der Waals surface area contributed by atoms with Gasteiger partial charge in [0.2, 0.25) is 0 Å². The van der Waals surface area contributed by atoms with Crippen molar-refractivity contribution >= 4 is 43.6 Å². The molecular weight excluding hydrogens is 923 g/mol. The van der Waals surface area contributed by atoms with Crippen LogP contribution >= 0.6 is 0 Å². The Balaban J connectivity index is 1.08. The van der Waals surface area contributed by atoms with Gasteiger partial charge in [0.1, 0.15) is 0 Å². The molecule has 10 aromatic carbocycles. The number of hydrogen-bond donors (Lipinski definition) is 0. The zero-order valence-electron chi connectivity index (χ0n) is 43.3. The van der Waals surface area contributed by atoms with Crippen LogP contribution in [-0.4, -0.2) is 24.1 Å². The largest absolute Gasteiger partial charge is 0.309 e. The van der Waals surface area contributed by atoms with Crippen LogP contribution in [0.2, 0.25) is 0 Å². The van der Waals surface area contributed by atoms with E-state index in [-0.39, 0.29) is 10.8 Å². The number of rotatable bonds is 12. The van der Waals surface area contributed by atoms with E-state index in [1.807, 2.05) is 36.4 Å². The van der Waals surface area contributed by atoms with E-state index in [0.29, 0.717) is 17.5 Å². The van der Waals surface area contributed by atoms with Gasteiger partial charge in [0, 0.05) is 54.8 Å². The molecule has 0 spiro atoms. The second kappa shape index (κ2) is 18.9. The molecule has 5 nitrogen and oxygen atoms in total. The summed E-state index contributed by atoms with van der Waals surface area (Å²) in [6, 6.07) is 90.1. The maximum Gasteiger partial charge on any atom is 0.166 e. The quantitative estimate of drug-likeness (QED) is 0.123. The van der Waals surface area contributed by atoms with Crippen LogP contribution in [0.15, 0.2) is 249 Å². The fourth-order valence-electron chi connectivity index (χ4n) is 11.9. The summed E-state index contributed by atoms with van der Waals surface area (Å²) in [5, 5.41) is 4.76. The number of fused-ring (bicyclic) bond motifs is 7. The fraction of sp³-hybridized carbons (Fsp3) is 0.113. The van der Waals surface area contributed by atoms with Crippen molar-refractivity contribution in [3.63, 3.8) is 0 Å². The minimum absolute atomic E-state index is 0.164. The number of aromatic nitrogens is 5. The first-order chi connectivity index (χ1) is 37.3. The molecule has 0 fully saturated rings. The molecule has 0 radical (unpaired) electrons. The molecule has 366 valence electrons. The van der Waals surface area contributed by atoms with Gasteiger partial charge in [-0.05, 0) is 88.7 Å². The predicted octanol–water partition coefficient (Wildman–Crippen LogP) is 18.2. The molecule has 0 bridgehead atoms. The summed E-state index contributed by atoms with van der Waals surface area (Å²) >= 11 is 0. The molecule has 3 heterocycles. The molecule has 0 saturated carbocycles. The highest BCUT2D eigenvalue weighted by atomic mass is 15.1. The third kappa shape index (κ3) is 7.73. The molecule has 0 amide bonds. The van der Waals surface area contributed by atoms with Crippen molar-refractivity contribution in [1.82, 2.24) is 24.1 Å². The Labute approximate surface area is 444 Å². The van der Waals surface area contributed by atoms with Gasteiger partial charge in [0.25, 0.3) is 0 Å². The Bertz CT molecular complexity index is 4210. The van der Waals surface area contributed by atoms with Gasteiger partial charge in [-0.1, -0.05) is 234 Å². The van der Waals surface area contributed by atoms with Crippen molar-refractivity contribution < 1.29 is 0 Å². The summed E-state index contributed by atoms with van der Waals surface area (Å²) in [6.07, 6.45) is 1.90. The summed E-state index contributed by atoms with van der Waals surface area (Å²) in [7, 11) is 0. The second-order valence-electron chi connectivity index (χ2n) is 20.6. The van der Waals surface area contributed by atoms with Crippen LogP contribution in [-0.2, 0) is 10.8 Å². The lowest BCUT2D eigenvalue weighted by molar-refractivity contribution is 0.549. The molecule has 3 aromatic heterocycles. The normalized spacial score (nSPS) is 13.3. The van der Waals surface area contributed by atoms with Crippen LogP contribution in [0.5, 0.6) is 0 Å². The number of benzene rings is 10. The van der Waals surface area contributed by atoms with Crippen molar-refractivity contribution in [2.45, 2.75) is 51.4 Å². The van der Waals surface area contributed by atoms with E-state index in [4.69, 9.17) is 15.0 Å². The van der Waals surface area contributed by atoms with Gasteiger partial charge in [0.05, 0.1) is 27.8 Å². The monoisotopic (exact) mass is 979 g/mol. The molecule has 76 heavy (non-hydrogen) atoms. The first-order valence-electron chi connectivity index (χ1n) is 26.6. The van der Waals surface area contributed by atoms with Gasteiger partial charge in [-0.2, -0.15) is 0 Å². The summed E-state index contributed by atoms with van der Waals surface area (Å²) in [6.45, 7) is 9.43. The smallest absolute Gasteiger partial charge is 0.166 e. The Morgan fingerprint density at radius 2 is 0.829 bits per heavy atom. The van der Waals surface area contributed by atoms with Crippen LogP contribution in [0.4, 0.5) is 0 Å². The van der Waals surface area contributed by atoms with Crippen molar-refractivity contribution in [2.75, 3.05) is 0 Å². The average Bonchev–Trinajstić information content (AvgIpc) is 4.21. The van der Waals surface area contributed by atoms with Gasteiger partial charge in [-0.15, -0.1) is 0 Å². The van der Waals surface area contributed by atoms with E-state index in [1.54, 1.807) is 0 Å². The van der Waals surface area contributed by atoms with E-state index in [0.717, 1.165) is 57.5 Å². The topological polar surface area (TPSA) is 48.5 Å². The molecule has 2 atom stereocenters. The van der Waals surface area contributed by atoms with Gasteiger partial charge >= 0.3 is 0 Å². The van der Waals surface area contributed by atoms with E-state index in [2.05, 4.69) is 249 Å². The number of para-hydroxylation sites is 3. The van der Waals surface area contributed by atoms with Gasteiger partial charge < -0.3 is 9.13 Å². The molecule has 0 aliphatic rings. The third-order valence-electron chi connectivity index (χ3n) is 16.4. The molecule has 2 unspecified atom stereocenters. The highest BCUT2D eigenvalue weighted by Crippen LogP contribution is 2.46. The minimum Gasteiger partial charge on any atom is -0.309 e. The summed E-state index contributed by atoms with van der Waals surface area (Å²) < 4.78 is 4.97. The molecule has 13 rings (SSSR count). The lowest BCUT2D eigenvalue weighted by Crippen LogP contribution is -2.23. The van der Waals surface area contributed by atoms with Crippen LogP contribution in [0, 0.1) is 0 Å². The van der Waals surface area contributed by atoms with Gasteiger partial charge in [0.15, 0.2) is 17.5 Å². The van der Waals surface area contributed by atoms with Gasteiger partial charge in [-0.25, -0.2) is 15.0 Å². The molecule has 0 saturated heterocycles. The molecule has 0 aliphatic heterocycles. The van der Waals surface area contributed by atoms with Crippen LogP contribution < -0.4 is 0 Å². The number of hydrogen-bond acceptors (Lipinski definition) is 3. The number of nitrogens with zero attached hydrogens (tertiary/aromatic N) is 5. The van der Waals surface area contributed by atoms with Crippen molar-refractivity contribution in [1.29, 1.82) is 0 Å². The fourth-order valence-corrected chi connectivity index (χ4v) is 11.9. The highest BCUT2D eigenvalue weighted by Gasteiger charge is 2.31. The van der Waals surface area contributed by atoms with E-state index in [1.165, 1.54) is 60.4 Å². The van der Waals surface area contributed by atoms with E-state index >= 15 is 0 Å². The molecule has 13 aromatic rings. The summed E-state index contributed by atoms with van der Waals surface area (Å²) in [4.78, 5) is 15.6. The van der Waals surface area contributed by atoms with E-state index < -0.39 is 0 Å². The standard InChI is InChI=1S/C71H57N5/c1-5-70(3,52-31-15-9-16-32-52)54-35-25-30-50(44-54)51-45-55(71(4,6-2)53-33-17-10-18-34-53)47-56(46-51)75-61-39-22-19-36-57(61)58-42-43-64-65(66(58)75)59-37-20-23-40-62(59)76(64)63-41-24-21-38-60(63)69-73-67(48-26-11-7-12-27-48)72-68(74-69)49-28-13-8-14-29-49/h7-47H,5-6H2,1-4H3. The lowest BCUT2D eigenvalue weighted by Gasteiger charge is -2.32. The molecule has 0 aliphatic carbocycles. The maximum atomic E-state index is 5.25. The van der Waals surface area contributed by atoms with Crippen molar-refractivity contribution in [3.8, 4) is 56.7 Å². The Kier molecular flexibility index (Phi) is 11.6. The predicted molar refractivity (Wildman–Crippen MR) is 317 cm³/mol. The Morgan fingerprint density at radius 1 is 0.342 bits per heavy atom. The van der Waals surface area contributed by atoms with Crippen LogP contribution in [0.1, 0.15) is 62.8 Å². The molecule has 0 N–H and O–H groups in total. The first-order valence-corrected chi connectivity index (χ1v) is 26.6. The Hall–Kier alpha value is -9.19. The Morgan fingerprint density at radius 3 is 1.46 bits per heavy atom. The lowest BCUT2D eigenvalue weighted by atomic mass is 9.72. The molecule has 5 heteroatoms. The van der Waals surface area contributed by atoms with E-state index in [9.17, 15) is 0 Å². The van der Waals surface area contributed by atoms with Crippen molar-refractivity contribution in [3.05, 3.63) is 271 Å². The van der Waals surface area contributed by atoms with Crippen LogP contribution in [0.3, 0.4) is 0 Å². The first kappa shape index (κ1) is 46.6. The molecular formula is C71H57N5. The zero-order valence-corrected chi connectivity index (χ0v) is 43.3.